The minimum atomic E-state index is 0.610. The van der Waals surface area contributed by atoms with E-state index in [-0.39, 0.29) is 0 Å². The third-order valence-corrected chi connectivity index (χ3v) is 0.944. The van der Waals surface area contributed by atoms with Crippen molar-refractivity contribution >= 4 is 0 Å². The van der Waals surface area contributed by atoms with E-state index in [1.165, 1.54) is 0 Å². The number of allylic oxidation sites excluding steroid dienone is 2. The SMILES string of the molecule is C=C(C=CCN)CC. The molecule has 8 heavy (non-hydrogen) atoms. The average Bonchev–Trinajstić information content (AvgIpc) is 1.83. The molecular weight excluding hydrogens is 98.1 g/mol. The highest BCUT2D eigenvalue weighted by atomic mass is 14.5. The molecule has 0 aromatic heterocycles. The van der Waals surface area contributed by atoms with Crippen molar-refractivity contribution in [2.24, 2.45) is 5.73 Å². The summed E-state index contributed by atoms with van der Waals surface area (Å²) in [4.78, 5) is 0. The molecule has 0 amide bonds. The van der Waals surface area contributed by atoms with Crippen molar-refractivity contribution in [1.29, 1.82) is 0 Å². The molecule has 1 nitrogen and oxygen atoms in total. The van der Waals surface area contributed by atoms with Crippen molar-refractivity contribution in [3.63, 3.8) is 0 Å². The van der Waals surface area contributed by atoms with Crippen LogP contribution in [0.3, 0.4) is 0 Å². The van der Waals surface area contributed by atoms with Gasteiger partial charge in [-0.15, -0.1) is 0 Å². The summed E-state index contributed by atoms with van der Waals surface area (Å²) in [5.41, 5.74) is 6.34. The monoisotopic (exact) mass is 111 g/mol. The van der Waals surface area contributed by atoms with Crippen LogP contribution in [0.15, 0.2) is 24.3 Å². The molecule has 0 heterocycles. The quantitative estimate of drug-likeness (QED) is 0.548. The van der Waals surface area contributed by atoms with E-state index in [2.05, 4.69) is 13.5 Å². The average molecular weight is 111 g/mol. The lowest BCUT2D eigenvalue weighted by Crippen LogP contribution is -1.92. The summed E-state index contributed by atoms with van der Waals surface area (Å²) in [6.07, 6.45) is 4.88. The largest absolute Gasteiger partial charge is 0.327 e. The van der Waals surface area contributed by atoms with E-state index in [0.29, 0.717) is 6.54 Å². The van der Waals surface area contributed by atoms with Gasteiger partial charge in [-0.1, -0.05) is 31.2 Å². The van der Waals surface area contributed by atoms with Gasteiger partial charge in [-0.05, 0) is 6.42 Å². The van der Waals surface area contributed by atoms with Gasteiger partial charge in [-0.3, -0.25) is 0 Å². The molecule has 0 aliphatic carbocycles. The summed E-state index contributed by atoms with van der Waals surface area (Å²) in [6.45, 7) is 6.45. The fourth-order valence-electron chi connectivity index (χ4n) is 0.353. The normalized spacial score (nSPS) is 10.2. The van der Waals surface area contributed by atoms with Gasteiger partial charge < -0.3 is 5.73 Å². The summed E-state index contributed by atoms with van der Waals surface area (Å²) in [5, 5.41) is 0. The highest BCUT2D eigenvalue weighted by molar-refractivity contribution is 5.13. The second kappa shape index (κ2) is 4.60. The predicted octanol–water partition coefficient (Wildman–Crippen LogP) is 1.47. The summed E-state index contributed by atoms with van der Waals surface area (Å²) in [6, 6.07) is 0. The molecule has 0 saturated carbocycles. The molecule has 0 radical (unpaired) electrons. The van der Waals surface area contributed by atoms with E-state index < -0.39 is 0 Å². The molecule has 0 atom stereocenters. The first-order valence-electron chi connectivity index (χ1n) is 2.85. The fraction of sp³-hybridized carbons (Fsp3) is 0.429. The van der Waals surface area contributed by atoms with Crippen LogP contribution >= 0.6 is 0 Å². The Morgan fingerprint density at radius 1 is 1.75 bits per heavy atom. The van der Waals surface area contributed by atoms with E-state index in [1.54, 1.807) is 0 Å². The van der Waals surface area contributed by atoms with Gasteiger partial charge in [-0.2, -0.15) is 0 Å². The Kier molecular flexibility index (Phi) is 4.27. The van der Waals surface area contributed by atoms with Gasteiger partial charge in [0.1, 0.15) is 0 Å². The molecule has 0 spiro atoms. The van der Waals surface area contributed by atoms with Crippen LogP contribution in [0.2, 0.25) is 0 Å². The van der Waals surface area contributed by atoms with Crippen LogP contribution < -0.4 is 5.73 Å². The molecule has 46 valence electrons. The topological polar surface area (TPSA) is 26.0 Å². The number of hydrogen-bond acceptors (Lipinski definition) is 1. The van der Waals surface area contributed by atoms with Gasteiger partial charge in [-0.25, -0.2) is 0 Å². The lowest BCUT2D eigenvalue weighted by atomic mass is 10.2. The number of nitrogens with two attached hydrogens (primary N) is 1. The molecule has 2 N–H and O–H groups in total. The second-order valence-corrected chi connectivity index (χ2v) is 1.65. The Labute approximate surface area is 50.9 Å². The first-order valence-corrected chi connectivity index (χ1v) is 2.85. The zero-order chi connectivity index (χ0) is 6.41. The van der Waals surface area contributed by atoms with Crippen LogP contribution in [-0.4, -0.2) is 6.54 Å². The minimum absolute atomic E-state index is 0.610. The van der Waals surface area contributed by atoms with Gasteiger partial charge in [0.15, 0.2) is 0 Å². The Bertz CT molecular complexity index is 92.6. The maximum Gasteiger partial charge on any atom is 0.0110 e. The fourth-order valence-corrected chi connectivity index (χ4v) is 0.353. The molecule has 0 aromatic carbocycles. The van der Waals surface area contributed by atoms with Gasteiger partial charge in [0.05, 0.1) is 0 Å². The van der Waals surface area contributed by atoms with Crippen molar-refractivity contribution in [2.45, 2.75) is 13.3 Å². The number of hydrogen-bond donors (Lipinski definition) is 1. The molecule has 0 fully saturated rings. The summed E-state index contributed by atoms with van der Waals surface area (Å²) >= 11 is 0. The van der Waals surface area contributed by atoms with Crippen molar-refractivity contribution < 1.29 is 0 Å². The van der Waals surface area contributed by atoms with Crippen LogP contribution in [0.1, 0.15) is 13.3 Å². The van der Waals surface area contributed by atoms with Crippen LogP contribution in [-0.2, 0) is 0 Å². The molecular formula is C7H13N. The third-order valence-electron chi connectivity index (χ3n) is 0.944. The van der Waals surface area contributed by atoms with Gasteiger partial charge >= 0.3 is 0 Å². The highest BCUT2D eigenvalue weighted by Crippen LogP contribution is 1.95. The highest BCUT2D eigenvalue weighted by Gasteiger charge is 1.76. The van der Waals surface area contributed by atoms with E-state index >= 15 is 0 Å². The van der Waals surface area contributed by atoms with E-state index in [1.807, 2.05) is 12.2 Å². The van der Waals surface area contributed by atoms with E-state index in [0.717, 1.165) is 12.0 Å². The first kappa shape index (κ1) is 7.44. The molecule has 0 rings (SSSR count). The molecule has 0 aromatic rings. The predicted molar refractivity (Wildman–Crippen MR) is 37.6 cm³/mol. The molecule has 0 saturated heterocycles. The maximum atomic E-state index is 5.20. The maximum absolute atomic E-state index is 5.20. The van der Waals surface area contributed by atoms with Crippen molar-refractivity contribution in [3.05, 3.63) is 24.3 Å². The van der Waals surface area contributed by atoms with Gasteiger partial charge in [0.25, 0.3) is 0 Å². The Morgan fingerprint density at radius 3 is 2.75 bits per heavy atom. The van der Waals surface area contributed by atoms with Crippen molar-refractivity contribution in [3.8, 4) is 0 Å². The van der Waals surface area contributed by atoms with E-state index in [4.69, 9.17) is 5.73 Å². The minimum Gasteiger partial charge on any atom is -0.327 e. The lowest BCUT2D eigenvalue weighted by Gasteiger charge is -1.87. The van der Waals surface area contributed by atoms with Gasteiger partial charge in [0, 0.05) is 6.54 Å². The molecule has 0 bridgehead atoms. The molecule has 0 aliphatic heterocycles. The molecule has 0 unspecified atom stereocenters. The van der Waals surface area contributed by atoms with Crippen molar-refractivity contribution in [2.75, 3.05) is 6.54 Å². The lowest BCUT2D eigenvalue weighted by molar-refractivity contribution is 1.15. The second-order valence-electron chi connectivity index (χ2n) is 1.65. The van der Waals surface area contributed by atoms with Crippen LogP contribution in [0, 0.1) is 0 Å². The first-order chi connectivity index (χ1) is 3.81. The van der Waals surface area contributed by atoms with Gasteiger partial charge in [0.2, 0.25) is 0 Å². The Hall–Kier alpha value is -0.560. The van der Waals surface area contributed by atoms with Crippen LogP contribution in [0.5, 0.6) is 0 Å². The smallest absolute Gasteiger partial charge is 0.0110 e. The summed E-state index contributed by atoms with van der Waals surface area (Å²) in [5.74, 6) is 0. The van der Waals surface area contributed by atoms with E-state index in [9.17, 15) is 0 Å². The Balaban J connectivity index is 3.37. The Morgan fingerprint density at radius 2 is 2.38 bits per heavy atom. The zero-order valence-corrected chi connectivity index (χ0v) is 5.35. The summed E-state index contributed by atoms with van der Waals surface area (Å²) in [7, 11) is 0. The molecule has 0 aliphatic rings. The third kappa shape index (κ3) is 3.62. The number of rotatable bonds is 3. The van der Waals surface area contributed by atoms with Crippen LogP contribution in [0.4, 0.5) is 0 Å². The van der Waals surface area contributed by atoms with Crippen molar-refractivity contribution in [1.82, 2.24) is 0 Å². The molecule has 1 heteroatoms. The summed E-state index contributed by atoms with van der Waals surface area (Å²) < 4.78 is 0. The zero-order valence-electron chi connectivity index (χ0n) is 5.35. The van der Waals surface area contributed by atoms with Crippen LogP contribution in [0.25, 0.3) is 0 Å². The standard InChI is InChI=1S/C7H13N/c1-3-7(2)5-4-6-8/h4-5H,2-3,6,8H2,1H3.